The molecule has 1 aliphatic rings. The van der Waals surface area contributed by atoms with Crippen molar-refractivity contribution in [3.8, 4) is 0 Å². The standard InChI is InChI=1S/C27H31NO/c1-20(2)25-26(23-16-10-5-11-17-23)28-24(22-14-8-4-9-15-22)19-27(25,29)18-21-12-6-3-7-13-21/h3-17,20,24-26,28-29H,18-19H2,1-2H3/t24-,25-,26+,27+/m1/s1. The van der Waals surface area contributed by atoms with Crippen molar-refractivity contribution in [1.82, 2.24) is 5.32 Å². The molecule has 0 aliphatic carbocycles. The van der Waals surface area contributed by atoms with Gasteiger partial charge in [-0.2, -0.15) is 0 Å². The van der Waals surface area contributed by atoms with Gasteiger partial charge in [-0.1, -0.05) is 105 Å². The van der Waals surface area contributed by atoms with E-state index in [-0.39, 0.29) is 18.0 Å². The summed E-state index contributed by atoms with van der Waals surface area (Å²) in [5.74, 6) is 0.461. The number of hydrogen-bond acceptors (Lipinski definition) is 2. The number of piperidine rings is 1. The van der Waals surface area contributed by atoms with Gasteiger partial charge in [0, 0.05) is 24.4 Å². The summed E-state index contributed by atoms with van der Waals surface area (Å²) in [5, 5.41) is 16.1. The first kappa shape index (κ1) is 19.9. The molecule has 0 bridgehead atoms. The van der Waals surface area contributed by atoms with E-state index in [1.165, 1.54) is 16.7 Å². The van der Waals surface area contributed by atoms with Crippen molar-refractivity contribution < 1.29 is 5.11 Å². The predicted octanol–water partition coefficient (Wildman–Crippen LogP) is 5.71. The molecule has 0 amide bonds. The van der Waals surface area contributed by atoms with Gasteiger partial charge >= 0.3 is 0 Å². The van der Waals surface area contributed by atoms with Crippen LogP contribution < -0.4 is 5.32 Å². The van der Waals surface area contributed by atoms with E-state index in [2.05, 4.69) is 98.0 Å². The van der Waals surface area contributed by atoms with E-state index in [9.17, 15) is 5.11 Å². The van der Waals surface area contributed by atoms with Crippen LogP contribution in [-0.4, -0.2) is 10.7 Å². The molecule has 2 nitrogen and oxygen atoms in total. The van der Waals surface area contributed by atoms with E-state index in [0.717, 1.165) is 0 Å². The number of nitrogens with one attached hydrogen (secondary N) is 1. The molecule has 4 rings (SSSR count). The molecular weight excluding hydrogens is 354 g/mol. The van der Waals surface area contributed by atoms with Crippen LogP contribution in [-0.2, 0) is 6.42 Å². The highest BCUT2D eigenvalue weighted by molar-refractivity contribution is 5.29. The first-order chi connectivity index (χ1) is 14.1. The van der Waals surface area contributed by atoms with Crippen LogP contribution >= 0.6 is 0 Å². The van der Waals surface area contributed by atoms with Crippen LogP contribution in [0.15, 0.2) is 91.0 Å². The molecule has 1 saturated heterocycles. The normalized spacial score (nSPS) is 27.1. The monoisotopic (exact) mass is 385 g/mol. The highest BCUT2D eigenvalue weighted by Crippen LogP contribution is 2.47. The number of aliphatic hydroxyl groups is 1. The Balaban J connectivity index is 1.77. The lowest BCUT2D eigenvalue weighted by Gasteiger charge is -2.51. The lowest BCUT2D eigenvalue weighted by Crippen LogP contribution is -2.56. The summed E-state index contributed by atoms with van der Waals surface area (Å²) in [5.41, 5.74) is 2.89. The molecule has 1 heterocycles. The van der Waals surface area contributed by atoms with Crippen molar-refractivity contribution in [3.63, 3.8) is 0 Å². The van der Waals surface area contributed by atoms with Gasteiger partial charge in [-0.05, 0) is 29.0 Å². The minimum absolute atomic E-state index is 0.101. The fourth-order valence-corrected chi connectivity index (χ4v) is 5.19. The van der Waals surface area contributed by atoms with Crippen molar-refractivity contribution in [3.05, 3.63) is 108 Å². The first-order valence-corrected chi connectivity index (χ1v) is 10.7. The molecule has 0 saturated carbocycles. The zero-order valence-corrected chi connectivity index (χ0v) is 17.3. The average Bonchev–Trinajstić information content (AvgIpc) is 2.74. The van der Waals surface area contributed by atoms with Gasteiger partial charge < -0.3 is 10.4 Å². The summed E-state index contributed by atoms with van der Waals surface area (Å²) in [6, 6.07) is 31.8. The maximum atomic E-state index is 12.2. The molecule has 0 radical (unpaired) electrons. The topological polar surface area (TPSA) is 32.3 Å². The molecule has 1 aliphatic heterocycles. The van der Waals surface area contributed by atoms with Crippen molar-refractivity contribution in [1.29, 1.82) is 0 Å². The number of rotatable bonds is 5. The molecular formula is C27H31NO. The van der Waals surface area contributed by atoms with E-state index in [4.69, 9.17) is 0 Å². The van der Waals surface area contributed by atoms with Crippen molar-refractivity contribution in [2.24, 2.45) is 11.8 Å². The summed E-state index contributed by atoms with van der Waals surface area (Å²) in [6.45, 7) is 4.47. The lowest BCUT2D eigenvalue weighted by atomic mass is 9.64. The Bertz CT molecular complexity index is 894. The SMILES string of the molecule is CC(C)[C@@H]1[C@H](c2ccccc2)N[C@@H](c2ccccc2)C[C@@]1(O)Cc1ccccc1. The molecule has 0 aromatic heterocycles. The van der Waals surface area contributed by atoms with E-state index >= 15 is 0 Å². The van der Waals surface area contributed by atoms with E-state index in [1.807, 2.05) is 12.1 Å². The third-order valence-corrected chi connectivity index (χ3v) is 6.35. The second-order valence-electron chi connectivity index (χ2n) is 8.76. The van der Waals surface area contributed by atoms with Gasteiger partial charge in [-0.25, -0.2) is 0 Å². The van der Waals surface area contributed by atoms with Crippen LogP contribution in [0.1, 0.15) is 49.0 Å². The van der Waals surface area contributed by atoms with E-state index < -0.39 is 5.60 Å². The van der Waals surface area contributed by atoms with Gasteiger partial charge in [0.25, 0.3) is 0 Å². The Morgan fingerprint density at radius 3 is 1.90 bits per heavy atom. The molecule has 150 valence electrons. The quantitative estimate of drug-likeness (QED) is 0.590. The van der Waals surface area contributed by atoms with Crippen LogP contribution in [0.25, 0.3) is 0 Å². The minimum Gasteiger partial charge on any atom is -0.389 e. The van der Waals surface area contributed by atoms with Crippen LogP contribution in [0.5, 0.6) is 0 Å². The van der Waals surface area contributed by atoms with Gasteiger partial charge in [-0.3, -0.25) is 0 Å². The molecule has 2 heteroatoms. The molecule has 3 aromatic rings. The minimum atomic E-state index is -0.790. The van der Waals surface area contributed by atoms with Crippen LogP contribution in [0.4, 0.5) is 0 Å². The van der Waals surface area contributed by atoms with Gasteiger partial charge in [-0.15, -0.1) is 0 Å². The molecule has 3 aromatic carbocycles. The van der Waals surface area contributed by atoms with Gasteiger partial charge in [0.05, 0.1) is 5.60 Å². The zero-order chi connectivity index (χ0) is 20.3. The third kappa shape index (κ3) is 4.29. The summed E-state index contributed by atoms with van der Waals surface area (Å²) in [7, 11) is 0. The zero-order valence-electron chi connectivity index (χ0n) is 17.3. The highest BCUT2D eigenvalue weighted by Gasteiger charge is 2.49. The fourth-order valence-electron chi connectivity index (χ4n) is 5.19. The Labute approximate surface area is 174 Å². The Kier molecular flexibility index (Phi) is 5.84. The highest BCUT2D eigenvalue weighted by atomic mass is 16.3. The molecule has 4 atom stereocenters. The largest absolute Gasteiger partial charge is 0.389 e. The maximum absolute atomic E-state index is 12.2. The Hall–Kier alpha value is -2.42. The maximum Gasteiger partial charge on any atom is 0.0754 e. The Morgan fingerprint density at radius 1 is 0.828 bits per heavy atom. The lowest BCUT2D eigenvalue weighted by molar-refractivity contribution is -0.0920. The number of benzene rings is 3. The van der Waals surface area contributed by atoms with Crippen LogP contribution in [0.3, 0.4) is 0 Å². The van der Waals surface area contributed by atoms with Gasteiger partial charge in [0.2, 0.25) is 0 Å². The predicted molar refractivity (Wildman–Crippen MR) is 120 cm³/mol. The summed E-state index contributed by atoms with van der Waals surface area (Å²) < 4.78 is 0. The fraction of sp³-hybridized carbons (Fsp3) is 0.333. The number of hydrogen-bond donors (Lipinski definition) is 2. The summed E-state index contributed by atoms with van der Waals surface area (Å²) in [6.07, 6.45) is 1.38. The summed E-state index contributed by atoms with van der Waals surface area (Å²) in [4.78, 5) is 0. The van der Waals surface area contributed by atoms with Crippen molar-refractivity contribution in [2.45, 2.75) is 44.4 Å². The molecule has 29 heavy (non-hydrogen) atoms. The van der Waals surface area contributed by atoms with Crippen LogP contribution in [0, 0.1) is 11.8 Å². The second-order valence-corrected chi connectivity index (χ2v) is 8.76. The molecule has 1 fully saturated rings. The Morgan fingerprint density at radius 2 is 1.34 bits per heavy atom. The summed E-state index contributed by atoms with van der Waals surface area (Å²) >= 11 is 0. The van der Waals surface area contributed by atoms with Gasteiger partial charge in [0.15, 0.2) is 0 Å². The molecule has 0 unspecified atom stereocenters. The van der Waals surface area contributed by atoms with Gasteiger partial charge in [0.1, 0.15) is 0 Å². The molecule has 2 N–H and O–H groups in total. The van der Waals surface area contributed by atoms with Crippen molar-refractivity contribution >= 4 is 0 Å². The third-order valence-electron chi connectivity index (χ3n) is 6.35. The first-order valence-electron chi connectivity index (χ1n) is 10.7. The van der Waals surface area contributed by atoms with E-state index in [1.54, 1.807) is 0 Å². The van der Waals surface area contributed by atoms with E-state index in [0.29, 0.717) is 18.8 Å². The second kappa shape index (κ2) is 8.52. The average molecular weight is 386 g/mol. The van der Waals surface area contributed by atoms with Crippen molar-refractivity contribution in [2.75, 3.05) is 0 Å². The smallest absolute Gasteiger partial charge is 0.0754 e. The van der Waals surface area contributed by atoms with Crippen LogP contribution in [0.2, 0.25) is 0 Å². The molecule has 0 spiro atoms.